The summed E-state index contributed by atoms with van der Waals surface area (Å²) in [5.41, 5.74) is 1.84. The predicted molar refractivity (Wildman–Crippen MR) is 123 cm³/mol. The number of hydrogen-bond acceptors (Lipinski definition) is 6. The normalized spacial score (nSPS) is 19.6. The van der Waals surface area contributed by atoms with Gasteiger partial charge in [-0.2, -0.15) is 0 Å². The van der Waals surface area contributed by atoms with Gasteiger partial charge in [-0.25, -0.2) is 4.98 Å². The van der Waals surface area contributed by atoms with Crippen molar-refractivity contribution in [1.82, 2.24) is 20.1 Å². The molecule has 2 fully saturated rings. The Kier molecular flexibility index (Phi) is 7.34. The van der Waals surface area contributed by atoms with Gasteiger partial charge in [0.25, 0.3) is 5.91 Å². The fourth-order valence-electron chi connectivity index (χ4n) is 4.29. The molecule has 0 unspecified atom stereocenters. The van der Waals surface area contributed by atoms with Gasteiger partial charge in [-0.15, -0.1) is 0 Å². The Bertz CT molecular complexity index is 917. The number of hydrogen-bond donors (Lipinski definition) is 1. The molecular formula is C24H31N5O3. The number of benzene rings is 1. The average molecular weight is 438 g/mol. The van der Waals surface area contributed by atoms with E-state index in [1.54, 1.807) is 24.2 Å². The van der Waals surface area contributed by atoms with Crippen molar-refractivity contribution >= 4 is 17.6 Å². The third-order valence-electron chi connectivity index (χ3n) is 6.16. The monoisotopic (exact) mass is 437 g/mol. The van der Waals surface area contributed by atoms with Crippen LogP contribution in [0, 0.1) is 0 Å². The van der Waals surface area contributed by atoms with Crippen LogP contribution in [0.25, 0.3) is 0 Å². The number of anilines is 1. The molecule has 2 amide bonds. The van der Waals surface area contributed by atoms with Crippen molar-refractivity contribution in [3.8, 4) is 0 Å². The van der Waals surface area contributed by atoms with E-state index in [-0.39, 0.29) is 11.8 Å². The second kappa shape index (κ2) is 10.6. The number of aromatic nitrogens is 1. The van der Waals surface area contributed by atoms with Crippen molar-refractivity contribution in [2.45, 2.75) is 12.5 Å². The molecule has 2 saturated heterocycles. The van der Waals surface area contributed by atoms with Crippen molar-refractivity contribution in [3.05, 3.63) is 59.8 Å². The zero-order valence-electron chi connectivity index (χ0n) is 18.6. The van der Waals surface area contributed by atoms with E-state index in [9.17, 15) is 9.59 Å². The van der Waals surface area contributed by atoms with Crippen LogP contribution in [0.5, 0.6) is 0 Å². The second-order valence-electron chi connectivity index (χ2n) is 8.17. The van der Waals surface area contributed by atoms with E-state index in [0.717, 1.165) is 38.4 Å². The SMILES string of the molecule is CNC(=O)[C@@H]1CN(CCc2ccccc2)CCN1C(=O)c1ccnc(N2CCOCC2)c1. The maximum absolute atomic E-state index is 13.4. The van der Waals surface area contributed by atoms with E-state index >= 15 is 0 Å². The first-order chi connectivity index (χ1) is 15.7. The number of carbonyl (C=O) groups excluding carboxylic acids is 2. The molecule has 1 N–H and O–H groups in total. The molecule has 170 valence electrons. The number of morpholine rings is 1. The van der Waals surface area contributed by atoms with E-state index in [4.69, 9.17) is 4.74 Å². The maximum Gasteiger partial charge on any atom is 0.254 e. The lowest BCUT2D eigenvalue weighted by Gasteiger charge is -2.40. The predicted octanol–water partition coefficient (Wildman–Crippen LogP) is 1.03. The first-order valence-electron chi connectivity index (χ1n) is 11.2. The van der Waals surface area contributed by atoms with Gasteiger partial charge in [0.2, 0.25) is 5.91 Å². The summed E-state index contributed by atoms with van der Waals surface area (Å²) in [5.74, 6) is 0.514. The fraction of sp³-hybridized carbons (Fsp3) is 0.458. The van der Waals surface area contributed by atoms with Crippen molar-refractivity contribution in [2.24, 2.45) is 0 Å². The Balaban J connectivity index is 1.45. The lowest BCUT2D eigenvalue weighted by Crippen LogP contribution is -2.60. The Hall–Kier alpha value is -2.97. The number of likely N-dealkylation sites (N-methyl/N-ethyl adjacent to an activating group) is 1. The molecule has 0 bridgehead atoms. The fourth-order valence-corrected chi connectivity index (χ4v) is 4.29. The Morgan fingerprint density at radius 2 is 1.88 bits per heavy atom. The number of ether oxygens (including phenoxy) is 1. The van der Waals surface area contributed by atoms with Gasteiger partial charge in [0.05, 0.1) is 13.2 Å². The Morgan fingerprint density at radius 1 is 1.09 bits per heavy atom. The molecule has 2 aliphatic rings. The molecule has 1 aromatic carbocycles. The molecule has 1 aromatic heterocycles. The minimum atomic E-state index is -0.517. The van der Waals surface area contributed by atoms with E-state index in [1.807, 2.05) is 24.3 Å². The maximum atomic E-state index is 13.4. The van der Waals surface area contributed by atoms with Crippen LogP contribution in [0.4, 0.5) is 5.82 Å². The van der Waals surface area contributed by atoms with Crippen LogP contribution in [0.15, 0.2) is 48.7 Å². The quantitative estimate of drug-likeness (QED) is 0.728. The molecule has 8 heteroatoms. The zero-order chi connectivity index (χ0) is 22.3. The van der Waals surface area contributed by atoms with E-state index in [0.29, 0.717) is 31.9 Å². The molecular weight excluding hydrogens is 406 g/mol. The molecule has 0 aliphatic carbocycles. The van der Waals surface area contributed by atoms with Gasteiger partial charge in [0.15, 0.2) is 0 Å². The minimum Gasteiger partial charge on any atom is -0.378 e. The lowest BCUT2D eigenvalue weighted by atomic mass is 10.1. The molecule has 0 spiro atoms. The van der Waals surface area contributed by atoms with Crippen molar-refractivity contribution in [2.75, 3.05) is 64.4 Å². The smallest absolute Gasteiger partial charge is 0.254 e. The summed E-state index contributed by atoms with van der Waals surface area (Å²) >= 11 is 0. The third kappa shape index (κ3) is 5.26. The standard InChI is InChI=1S/C24H31N5O3/c1-25-23(30)21-18-27(10-8-19-5-3-2-4-6-19)11-12-29(21)24(31)20-7-9-26-22(17-20)28-13-15-32-16-14-28/h2-7,9,17,21H,8,10-16,18H2,1H3,(H,25,30)/t21-/m0/s1. The Labute approximate surface area is 189 Å². The van der Waals surface area contributed by atoms with Crippen LogP contribution >= 0.6 is 0 Å². The van der Waals surface area contributed by atoms with Crippen LogP contribution in [0.2, 0.25) is 0 Å². The van der Waals surface area contributed by atoms with Crippen LogP contribution in [-0.4, -0.2) is 92.2 Å². The summed E-state index contributed by atoms with van der Waals surface area (Å²) in [4.78, 5) is 36.6. The van der Waals surface area contributed by atoms with E-state index in [1.165, 1.54) is 5.56 Å². The van der Waals surface area contributed by atoms with Crippen LogP contribution < -0.4 is 10.2 Å². The van der Waals surface area contributed by atoms with Crippen LogP contribution in [0.3, 0.4) is 0 Å². The lowest BCUT2D eigenvalue weighted by molar-refractivity contribution is -0.127. The van der Waals surface area contributed by atoms with Gasteiger partial charge in [-0.3, -0.25) is 14.5 Å². The van der Waals surface area contributed by atoms with Gasteiger partial charge >= 0.3 is 0 Å². The average Bonchev–Trinajstić information content (AvgIpc) is 2.87. The molecule has 3 heterocycles. The van der Waals surface area contributed by atoms with Crippen molar-refractivity contribution in [1.29, 1.82) is 0 Å². The van der Waals surface area contributed by atoms with Crippen LogP contribution in [-0.2, 0) is 16.0 Å². The number of piperazine rings is 1. The topological polar surface area (TPSA) is 78.0 Å². The summed E-state index contributed by atoms with van der Waals surface area (Å²) in [6, 6.07) is 13.4. The summed E-state index contributed by atoms with van der Waals surface area (Å²) < 4.78 is 5.41. The molecule has 0 radical (unpaired) electrons. The molecule has 0 saturated carbocycles. The first-order valence-corrected chi connectivity index (χ1v) is 11.2. The number of nitrogens with one attached hydrogen (secondary N) is 1. The molecule has 8 nitrogen and oxygen atoms in total. The van der Waals surface area contributed by atoms with Gasteiger partial charge in [0.1, 0.15) is 11.9 Å². The van der Waals surface area contributed by atoms with Gasteiger partial charge < -0.3 is 19.9 Å². The van der Waals surface area contributed by atoms with Crippen molar-refractivity contribution in [3.63, 3.8) is 0 Å². The number of amides is 2. The highest BCUT2D eigenvalue weighted by Gasteiger charge is 2.35. The largest absolute Gasteiger partial charge is 0.378 e. The third-order valence-corrected chi connectivity index (χ3v) is 6.16. The summed E-state index contributed by atoms with van der Waals surface area (Å²) in [5, 5.41) is 2.73. The number of nitrogens with zero attached hydrogens (tertiary/aromatic N) is 4. The van der Waals surface area contributed by atoms with Crippen molar-refractivity contribution < 1.29 is 14.3 Å². The highest BCUT2D eigenvalue weighted by Crippen LogP contribution is 2.19. The molecule has 32 heavy (non-hydrogen) atoms. The zero-order valence-corrected chi connectivity index (χ0v) is 18.6. The molecule has 2 aliphatic heterocycles. The van der Waals surface area contributed by atoms with E-state index in [2.05, 4.69) is 32.2 Å². The second-order valence-corrected chi connectivity index (χ2v) is 8.17. The van der Waals surface area contributed by atoms with E-state index < -0.39 is 6.04 Å². The van der Waals surface area contributed by atoms with Crippen LogP contribution in [0.1, 0.15) is 15.9 Å². The highest BCUT2D eigenvalue weighted by atomic mass is 16.5. The highest BCUT2D eigenvalue weighted by molar-refractivity contribution is 5.98. The van der Waals surface area contributed by atoms with Gasteiger partial charge in [0, 0.05) is 58.1 Å². The number of pyridine rings is 1. The molecule has 1 atom stereocenters. The summed E-state index contributed by atoms with van der Waals surface area (Å²) in [7, 11) is 1.62. The molecule has 2 aromatic rings. The van der Waals surface area contributed by atoms with Gasteiger partial charge in [-0.05, 0) is 24.1 Å². The number of rotatable bonds is 6. The number of carbonyl (C=O) groups is 2. The Morgan fingerprint density at radius 3 is 2.62 bits per heavy atom. The molecule has 4 rings (SSSR count). The minimum absolute atomic E-state index is 0.127. The summed E-state index contributed by atoms with van der Waals surface area (Å²) in [6.07, 6.45) is 2.59. The summed E-state index contributed by atoms with van der Waals surface area (Å²) in [6.45, 7) is 5.47. The first kappa shape index (κ1) is 22.2. The van der Waals surface area contributed by atoms with Gasteiger partial charge in [-0.1, -0.05) is 30.3 Å².